The zero-order valence-electron chi connectivity index (χ0n) is 9.09. The normalized spacial score (nSPS) is 14.3. The van der Waals surface area contributed by atoms with Crippen molar-refractivity contribution in [2.45, 2.75) is 39.0 Å². The third-order valence-electron chi connectivity index (χ3n) is 1.73. The number of aryl methyl sites for hydroxylation is 1. The molecule has 0 aliphatic rings. The van der Waals surface area contributed by atoms with Gasteiger partial charge in [0, 0.05) is 0 Å². The summed E-state index contributed by atoms with van der Waals surface area (Å²) in [5.41, 5.74) is 0. The summed E-state index contributed by atoms with van der Waals surface area (Å²) in [5, 5.41) is 0. The quantitative estimate of drug-likeness (QED) is 0.839. The summed E-state index contributed by atoms with van der Waals surface area (Å²) in [7, 11) is -1.04. The molecule has 1 aromatic heterocycles. The molecule has 0 aliphatic carbocycles. The molecule has 1 N–H and O–H groups in total. The van der Waals surface area contributed by atoms with E-state index in [1.54, 1.807) is 0 Å². The van der Waals surface area contributed by atoms with Crippen molar-refractivity contribution in [2.24, 2.45) is 0 Å². The van der Waals surface area contributed by atoms with E-state index in [0.717, 1.165) is 11.5 Å². The highest BCUT2D eigenvalue weighted by Gasteiger charge is 2.19. The topological polar surface area (TPSA) is 42.2 Å². The zero-order chi connectivity index (χ0) is 10.8. The second-order valence-electron chi connectivity index (χ2n) is 4.21. The zero-order valence-corrected chi connectivity index (χ0v) is 9.90. The highest BCUT2D eigenvalue weighted by Crippen LogP contribution is 2.10. The third kappa shape index (κ3) is 3.27. The fourth-order valence-corrected chi connectivity index (χ4v) is 1.64. The van der Waals surface area contributed by atoms with Crippen molar-refractivity contribution >= 4 is 11.0 Å². The molecule has 80 valence electrons. The fraction of sp³-hybridized carbons (Fsp3) is 0.600. The Morgan fingerprint density at radius 2 is 2.07 bits per heavy atom. The van der Waals surface area contributed by atoms with E-state index in [1.165, 1.54) is 0 Å². The number of rotatable bonds is 3. The van der Waals surface area contributed by atoms with Gasteiger partial charge in [0.25, 0.3) is 0 Å². The van der Waals surface area contributed by atoms with Crippen LogP contribution < -0.4 is 4.72 Å². The first-order valence-corrected chi connectivity index (χ1v) is 5.75. The van der Waals surface area contributed by atoms with E-state index in [0.29, 0.717) is 6.54 Å². The first-order valence-electron chi connectivity index (χ1n) is 4.60. The summed E-state index contributed by atoms with van der Waals surface area (Å²) >= 11 is 0. The molecule has 0 aliphatic heterocycles. The molecule has 1 rings (SSSR count). The standard InChI is InChI=1S/C10H17NO2S/c1-8-5-6-9(13-8)7-11-14(12)10(2,3)4/h5-6,11H,7H2,1-4H3. The third-order valence-corrected chi connectivity index (χ3v) is 3.25. The average Bonchev–Trinajstić information content (AvgIpc) is 2.45. The number of nitrogens with one attached hydrogen (secondary N) is 1. The molecule has 0 bridgehead atoms. The fourth-order valence-electron chi connectivity index (χ4n) is 0.933. The van der Waals surface area contributed by atoms with Crippen molar-refractivity contribution in [2.75, 3.05) is 0 Å². The van der Waals surface area contributed by atoms with Gasteiger partial charge in [-0.2, -0.15) is 0 Å². The Bertz CT molecular complexity index is 325. The minimum absolute atomic E-state index is 0.234. The van der Waals surface area contributed by atoms with Gasteiger partial charge in [-0.1, -0.05) is 0 Å². The molecule has 1 aromatic rings. The molecule has 1 atom stereocenters. The van der Waals surface area contributed by atoms with Crippen LogP contribution in [0.4, 0.5) is 0 Å². The Labute approximate surface area is 87.5 Å². The molecule has 4 heteroatoms. The number of hydrogen-bond acceptors (Lipinski definition) is 2. The predicted octanol–water partition coefficient (Wildman–Crippen LogP) is 2.14. The van der Waals surface area contributed by atoms with Crippen molar-refractivity contribution in [3.8, 4) is 0 Å². The van der Waals surface area contributed by atoms with E-state index in [9.17, 15) is 4.21 Å². The molecule has 0 spiro atoms. The second kappa shape index (κ2) is 4.28. The molecular weight excluding hydrogens is 198 g/mol. The van der Waals surface area contributed by atoms with Crippen LogP contribution >= 0.6 is 0 Å². The summed E-state index contributed by atoms with van der Waals surface area (Å²) < 4.78 is 19.6. The molecule has 0 fully saturated rings. The van der Waals surface area contributed by atoms with E-state index >= 15 is 0 Å². The monoisotopic (exact) mass is 215 g/mol. The molecule has 1 heterocycles. The van der Waals surface area contributed by atoms with E-state index < -0.39 is 11.0 Å². The molecule has 14 heavy (non-hydrogen) atoms. The minimum Gasteiger partial charge on any atom is -0.465 e. The molecule has 0 radical (unpaired) electrons. The van der Waals surface area contributed by atoms with Gasteiger partial charge in [-0.15, -0.1) is 0 Å². The van der Waals surface area contributed by atoms with Gasteiger partial charge >= 0.3 is 0 Å². The van der Waals surface area contributed by atoms with E-state index in [1.807, 2.05) is 39.8 Å². The van der Waals surface area contributed by atoms with Crippen LogP contribution in [0.5, 0.6) is 0 Å². The van der Waals surface area contributed by atoms with Gasteiger partial charge in [-0.05, 0) is 39.8 Å². The van der Waals surface area contributed by atoms with E-state index in [-0.39, 0.29) is 4.75 Å². The first kappa shape index (κ1) is 11.5. The SMILES string of the molecule is Cc1ccc(CNS(=O)C(C)(C)C)o1. The summed E-state index contributed by atoms with van der Waals surface area (Å²) in [6.45, 7) is 8.21. The number of furan rings is 1. The predicted molar refractivity (Wildman–Crippen MR) is 58.2 cm³/mol. The summed E-state index contributed by atoms with van der Waals surface area (Å²) in [6, 6.07) is 3.79. The Morgan fingerprint density at radius 1 is 1.43 bits per heavy atom. The van der Waals surface area contributed by atoms with Crippen LogP contribution in [0, 0.1) is 6.92 Å². The Morgan fingerprint density at radius 3 is 2.50 bits per heavy atom. The smallest absolute Gasteiger partial charge is 0.118 e. The summed E-state index contributed by atoms with van der Waals surface area (Å²) in [4.78, 5) is 0. The van der Waals surface area contributed by atoms with Crippen molar-refractivity contribution in [1.82, 2.24) is 4.72 Å². The van der Waals surface area contributed by atoms with Gasteiger partial charge in [0.1, 0.15) is 11.5 Å². The van der Waals surface area contributed by atoms with Crippen molar-refractivity contribution < 1.29 is 8.63 Å². The van der Waals surface area contributed by atoms with Gasteiger partial charge in [0.05, 0.1) is 22.3 Å². The van der Waals surface area contributed by atoms with E-state index in [2.05, 4.69) is 4.72 Å². The minimum atomic E-state index is -1.04. The summed E-state index contributed by atoms with van der Waals surface area (Å²) in [5.74, 6) is 1.70. The van der Waals surface area contributed by atoms with Crippen LogP contribution in [0.1, 0.15) is 32.3 Å². The number of hydrogen-bond donors (Lipinski definition) is 1. The maximum atomic E-state index is 11.6. The second-order valence-corrected chi connectivity index (χ2v) is 6.27. The lowest BCUT2D eigenvalue weighted by molar-refractivity contribution is 0.478. The van der Waals surface area contributed by atoms with Crippen LogP contribution in [0.15, 0.2) is 16.5 Å². The largest absolute Gasteiger partial charge is 0.465 e. The van der Waals surface area contributed by atoms with E-state index in [4.69, 9.17) is 4.42 Å². The van der Waals surface area contributed by atoms with Gasteiger partial charge in [0.15, 0.2) is 0 Å². The lowest BCUT2D eigenvalue weighted by Crippen LogP contribution is -2.32. The molecule has 0 saturated heterocycles. The Hall–Kier alpha value is -0.610. The van der Waals surface area contributed by atoms with Crippen LogP contribution in [0.3, 0.4) is 0 Å². The lowest BCUT2D eigenvalue weighted by Gasteiger charge is -2.17. The van der Waals surface area contributed by atoms with Gasteiger partial charge in [0.2, 0.25) is 0 Å². The van der Waals surface area contributed by atoms with Gasteiger partial charge in [-0.3, -0.25) is 0 Å². The van der Waals surface area contributed by atoms with Crippen molar-refractivity contribution in [1.29, 1.82) is 0 Å². The molecule has 0 saturated carbocycles. The molecule has 3 nitrogen and oxygen atoms in total. The molecule has 0 aromatic carbocycles. The average molecular weight is 215 g/mol. The highest BCUT2D eigenvalue weighted by molar-refractivity contribution is 7.84. The van der Waals surface area contributed by atoms with Gasteiger partial charge < -0.3 is 4.42 Å². The Balaban J connectivity index is 2.46. The van der Waals surface area contributed by atoms with Crippen molar-refractivity contribution in [3.05, 3.63) is 23.7 Å². The summed E-state index contributed by atoms with van der Waals surface area (Å²) in [6.07, 6.45) is 0. The lowest BCUT2D eigenvalue weighted by atomic mass is 10.3. The van der Waals surface area contributed by atoms with Gasteiger partial charge in [-0.25, -0.2) is 8.93 Å². The Kier molecular flexibility index (Phi) is 3.50. The van der Waals surface area contributed by atoms with Crippen LogP contribution in [-0.4, -0.2) is 8.96 Å². The van der Waals surface area contributed by atoms with Crippen LogP contribution in [0.25, 0.3) is 0 Å². The highest BCUT2D eigenvalue weighted by atomic mass is 32.2. The molecular formula is C10H17NO2S. The molecule has 1 unspecified atom stereocenters. The maximum absolute atomic E-state index is 11.6. The van der Waals surface area contributed by atoms with Crippen LogP contribution in [-0.2, 0) is 17.5 Å². The maximum Gasteiger partial charge on any atom is 0.118 e. The molecule has 0 amide bonds. The first-order chi connectivity index (χ1) is 6.39. The van der Waals surface area contributed by atoms with Crippen molar-refractivity contribution in [3.63, 3.8) is 0 Å². The van der Waals surface area contributed by atoms with Crippen LogP contribution in [0.2, 0.25) is 0 Å².